The van der Waals surface area contributed by atoms with Crippen LogP contribution in [-0.4, -0.2) is 6.54 Å². The molecule has 0 saturated heterocycles. The van der Waals surface area contributed by atoms with Gasteiger partial charge in [-0.2, -0.15) is 0 Å². The molecule has 21 heavy (non-hydrogen) atoms. The minimum atomic E-state index is 0. The zero-order valence-electron chi connectivity index (χ0n) is 12.0. The Hall–Kier alpha value is -0.730. The van der Waals surface area contributed by atoms with Gasteiger partial charge in [0.25, 0.3) is 0 Å². The van der Waals surface area contributed by atoms with E-state index < -0.39 is 0 Å². The Morgan fingerprint density at radius 3 is 2.24 bits per heavy atom. The molecular formula is C17H20Cl3N. The molecule has 0 spiro atoms. The van der Waals surface area contributed by atoms with Crippen LogP contribution in [0.2, 0.25) is 10.0 Å². The fourth-order valence-electron chi connectivity index (χ4n) is 2.07. The third-order valence-electron chi connectivity index (χ3n) is 3.35. The minimum Gasteiger partial charge on any atom is -0.312 e. The Balaban J connectivity index is 0.00000220. The number of rotatable bonds is 6. The lowest BCUT2D eigenvalue weighted by molar-refractivity contribution is 0.687. The van der Waals surface area contributed by atoms with Crippen LogP contribution in [0.3, 0.4) is 0 Å². The van der Waals surface area contributed by atoms with Crippen molar-refractivity contribution in [2.45, 2.75) is 26.3 Å². The van der Waals surface area contributed by atoms with E-state index in [-0.39, 0.29) is 12.4 Å². The highest BCUT2D eigenvalue weighted by Crippen LogP contribution is 2.21. The standard InChI is InChI=1S/C17H19Cl2N.ClH/c1-2-13-3-5-14(6-4-13)12-20-10-9-15-7-8-16(18)11-17(15)19;/h3-8,11,20H,2,9-10,12H2,1H3;1H. The van der Waals surface area contributed by atoms with Gasteiger partial charge in [-0.15, -0.1) is 12.4 Å². The van der Waals surface area contributed by atoms with Crippen LogP contribution in [0.1, 0.15) is 23.6 Å². The van der Waals surface area contributed by atoms with Gasteiger partial charge in [0, 0.05) is 16.6 Å². The molecule has 1 N–H and O–H groups in total. The molecule has 0 aliphatic heterocycles. The third kappa shape index (κ3) is 5.88. The lowest BCUT2D eigenvalue weighted by Crippen LogP contribution is -2.16. The molecule has 0 heterocycles. The smallest absolute Gasteiger partial charge is 0.0453 e. The van der Waals surface area contributed by atoms with E-state index >= 15 is 0 Å². The van der Waals surface area contributed by atoms with Crippen LogP contribution >= 0.6 is 35.6 Å². The summed E-state index contributed by atoms with van der Waals surface area (Å²) < 4.78 is 0. The van der Waals surface area contributed by atoms with Crippen LogP contribution in [0.5, 0.6) is 0 Å². The Kier molecular flexibility index (Phi) is 8.13. The second-order valence-corrected chi connectivity index (χ2v) is 5.68. The van der Waals surface area contributed by atoms with Crippen molar-refractivity contribution in [3.8, 4) is 0 Å². The molecule has 4 heteroatoms. The van der Waals surface area contributed by atoms with Crippen LogP contribution < -0.4 is 5.32 Å². The topological polar surface area (TPSA) is 12.0 Å². The predicted octanol–water partition coefficient (Wildman–Crippen LogP) is 5.31. The van der Waals surface area contributed by atoms with E-state index in [1.54, 1.807) is 6.07 Å². The number of benzene rings is 2. The Bertz CT molecular complexity index is 552. The summed E-state index contributed by atoms with van der Waals surface area (Å²) in [4.78, 5) is 0. The fraction of sp³-hybridized carbons (Fsp3) is 0.294. The summed E-state index contributed by atoms with van der Waals surface area (Å²) in [5.74, 6) is 0. The van der Waals surface area contributed by atoms with Gasteiger partial charge in [-0.25, -0.2) is 0 Å². The molecule has 0 radical (unpaired) electrons. The zero-order valence-corrected chi connectivity index (χ0v) is 14.4. The van der Waals surface area contributed by atoms with Crippen molar-refractivity contribution < 1.29 is 0 Å². The van der Waals surface area contributed by atoms with Gasteiger partial charge in [0.05, 0.1) is 0 Å². The second-order valence-electron chi connectivity index (χ2n) is 4.83. The predicted molar refractivity (Wildman–Crippen MR) is 94.9 cm³/mol. The summed E-state index contributed by atoms with van der Waals surface area (Å²) in [6, 6.07) is 14.4. The summed E-state index contributed by atoms with van der Waals surface area (Å²) in [6.07, 6.45) is 1.99. The molecule has 114 valence electrons. The molecule has 0 saturated carbocycles. The van der Waals surface area contributed by atoms with Gasteiger partial charge in [-0.3, -0.25) is 0 Å². The Morgan fingerprint density at radius 1 is 0.952 bits per heavy atom. The van der Waals surface area contributed by atoms with Crippen LogP contribution in [0.25, 0.3) is 0 Å². The van der Waals surface area contributed by atoms with E-state index in [1.807, 2.05) is 12.1 Å². The minimum absolute atomic E-state index is 0. The van der Waals surface area contributed by atoms with E-state index in [4.69, 9.17) is 23.2 Å². The summed E-state index contributed by atoms with van der Waals surface area (Å²) in [5.41, 5.74) is 3.82. The molecule has 2 rings (SSSR count). The monoisotopic (exact) mass is 343 g/mol. The normalized spacial score (nSPS) is 10.2. The molecule has 0 unspecified atom stereocenters. The first-order chi connectivity index (χ1) is 9.69. The van der Waals surface area contributed by atoms with Gasteiger partial charge in [0.1, 0.15) is 0 Å². The molecule has 0 aliphatic rings. The highest BCUT2D eigenvalue weighted by atomic mass is 35.5. The van der Waals surface area contributed by atoms with Crippen molar-refractivity contribution >= 4 is 35.6 Å². The van der Waals surface area contributed by atoms with Gasteiger partial charge in [0.15, 0.2) is 0 Å². The van der Waals surface area contributed by atoms with Crippen molar-refractivity contribution in [2.75, 3.05) is 6.54 Å². The maximum absolute atomic E-state index is 6.15. The van der Waals surface area contributed by atoms with E-state index in [2.05, 4.69) is 36.5 Å². The first kappa shape index (κ1) is 18.3. The molecule has 0 fully saturated rings. The van der Waals surface area contributed by atoms with E-state index in [0.717, 1.165) is 36.5 Å². The molecule has 0 bridgehead atoms. The average molecular weight is 345 g/mol. The van der Waals surface area contributed by atoms with Crippen molar-refractivity contribution in [3.63, 3.8) is 0 Å². The fourth-order valence-corrected chi connectivity index (χ4v) is 2.58. The summed E-state index contributed by atoms with van der Waals surface area (Å²) in [6.45, 7) is 3.95. The molecule has 0 aliphatic carbocycles. The molecular weight excluding hydrogens is 325 g/mol. The highest BCUT2D eigenvalue weighted by Gasteiger charge is 2.01. The van der Waals surface area contributed by atoms with Gasteiger partial charge in [-0.1, -0.05) is 60.5 Å². The molecule has 2 aromatic rings. The molecule has 2 aromatic carbocycles. The first-order valence-corrected chi connectivity index (χ1v) is 7.67. The summed E-state index contributed by atoms with van der Waals surface area (Å²) in [5, 5.41) is 4.86. The van der Waals surface area contributed by atoms with Crippen molar-refractivity contribution in [3.05, 3.63) is 69.2 Å². The highest BCUT2D eigenvalue weighted by molar-refractivity contribution is 6.35. The number of nitrogens with one attached hydrogen (secondary N) is 1. The first-order valence-electron chi connectivity index (χ1n) is 6.91. The van der Waals surface area contributed by atoms with E-state index in [9.17, 15) is 0 Å². The molecule has 1 nitrogen and oxygen atoms in total. The number of halogens is 3. The summed E-state index contributed by atoms with van der Waals surface area (Å²) >= 11 is 12.0. The second kappa shape index (κ2) is 9.32. The number of hydrogen-bond acceptors (Lipinski definition) is 1. The van der Waals surface area contributed by atoms with Crippen molar-refractivity contribution in [1.82, 2.24) is 5.32 Å². The van der Waals surface area contributed by atoms with Crippen molar-refractivity contribution in [2.24, 2.45) is 0 Å². The van der Waals surface area contributed by atoms with Crippen LogP contribution in [-0.2, 0) is 19.4 Å². The lowest BCUT2D eigenvalue weighted by Gasteiger charge is -2.07. The van der Waals surface area contributed by atoms with E-state index in [1.165, 1.54) is 11.1 Å². The average Bonchev–Trinajstić information content (AvgIpc) is 2.46. The molecule has 0 aromatic heterocycles. The molecule has 0 amide bonds. The maximum Gasteiger partial charge on any atom is 0.0453 e. The third-order valence-corrected chi connectivity index (χ3v) is 3.93. The summed E-state index contributed by atoms with van der Waals surface area (Å²) in [7, 11) is 0. The number of hydrogen-bond donors (Lipinski definition) is 1. The molecule has 0 atom stereocenters. The van der Waals surface area contributed by atoms with Crippen molar-refractivity contribution in [1.29, 1.82) is 0 Å². The Labute approximate surface area is 143 Å². The SMILES string of the molecule is CCc1ccc(CNCCc2ccc(Cl)cc2Cl)cc1.Cl. The maximum atomic E-state index is 6.15. The van der Waals surface area contributed by atoms with E-state index in [0.29, 0.717) is 5.02 Å². The van der Waals surface area contributed by atoms with Crippen LogP contribution in [0.15, 0.2) is 42.5 Å². The lowest BCUT2D eigenvalue weighted by atomic mass is 10.1. The zero-order chi connectivity index (χ0) is 14.4. The quantitative estimate of drug-likeness (QED) is 0.700. The number of aryl methyl sites for hydroxylation is 1. The van der Waals surface area contributed by atoms with Gasteiger partial charge < -0.3 is 5.32 Å². The van der Waals surface area contributed by atoms with Crippen LogP contribution in [0, 0.1) is 0 Å². The largest absolute Gasteiger partial charge is 0.312 e. The van der Waals surface area contributed by atoms with Gasteiger partial charge in [0.2, 0.25) is 0 Å². The Morgan fingerprint density at radius 2 is 1.62 bits per heavy atom. The van der Waals surface area contributed by atoms with Gasteiger partial charge in [-0.05, 0) is 48.2 Å². The van der Waals surface area contributed by atoms with Gasteiger partial charge >= 0.3 is 0 Å². The van der Waals surface area contributed by atoms with Crippen LogP contribution in [0.4, 0.5) is 0 Å².